The average molecular weight is 387 g/mol. The molecule has 0 heterocycles. The van der Waals surface area contributed by atoms with Crippen LogP contribution in [0, 0.1) is 6.92 Å². The summed E-state index contributed by atoms with van der Waals surface area (Å²) in [7, 11) is 0. The molecule has 2 rings (SSSR count). The normalized spacial score (nSPS) is 11.6. The van der Waals surface area contributed by atoms with Gasteiger partial charge < -0.3 is 20.1 Å². The number of rotatable bonds is 9. The number of nitrogens with one attached hydrogen (secondary N) is 2. The van der Waals surface area contributed by atoms with Gasteiger partial charge in [0.15, 0.2) is 16.6 Å². The van der Waals surface area contributed by atoms with Crippen LogP contribution in [0.3, 0.4) is 0 Å². The minimum atomic E-state index is 0.0400. The molecule has 0 amide bonds. The van der Waals surface area contributed by atoms with E-state index in [-0.39, 0.29) is 6.04 Å². The van der Waals surface area contributed by atoms with Gasteiger partial charge in [0.2, 0.25) is 0 Å². The maximum absolute atomic E-state index is 5.89. The second-order valence-corrected chi connectivity index (χ2v) is 6.95. The Kier molecular flexibility index (Phi) is 8.40. The predicted molar refractivity (Wildman–Crippen MR) is 117 cm³/mol. The Balaban J connectivity index is 2.06. The van der Waals surface area contributed by atoms with E-state index in [0.717, 1.165) is 41.2 Å². The summed E-state index contributed by atoms with van der Waals surface area (Å²) in [6.45, 7) is 9.67. The number of benzene rings is 2. The zero-order chi connectivity index (χ0) is 19.6. The molecule has 0 radical (unpaired) electrons. The first-order chi connectivity index (χ1) is 13.0. The summed E-state index contributed by atoms with van der Waals surface area (Å²) in [5.41, 5.74) is 3.26. The van der Waals surface area contributed by atoms with Gasteiger partial charge in [-0.3, -0.25) is 0 Å². The topological polar surface area (TPSA) is 42.5 Å². The monoisotopic (exact) mass is 386 g/mol. The molecule has 0 unspecified atom stereocenters. The minimum absolute atomic E-state index is 0.0400. The molecule has 0 aromatic heterocycles. The molecule has 2 aromatic rings. The third kappa shape index (κ3) is 6.43. The highest BCUT2D eigenvalue weighted by Gasteiger charge is 2.12. The second-order valence-electron chi connectivity index (χ2n) is 6.54. The maximum atomic E-state index is 5.89. The van der Waals surface area contributed by atoms with E-state index in [1.807, 2.05) is 30.3 Å². The SMILES string of the molecule is CCCOc1ccc([C@@H](C)NC(=S)Nc2ccccc2C)cc1OCCC. The summed E-state index contributed by atoms with van der Waals surface area (Å²) < 4.78 is 11.7. The smallest absolute Gasteiger partial charge is 0.171 e. The van der Waals surface area contributed by atoms with Gasteiger partial charge in [-0.25, -0.2) is 0 Å². The standard InChI is InChI=1S/C22H30N2O2S/c1-5-13-25-20-12-11-18(15-21(20)26-14-6-2)17(4)23-22(27)24-19-10-8-7-9-16(19)3/h7-12,15,17H,5-6,13-14H2,1-4H3,(H2,23,24,27)/t17-/m1/s1. The largest absolute Gasteiger partial charge is 0.490 e. The number of hydrogen-bond donors (Lipinski definition) is 2. The van der Waals surface area contributed by atoms with Crippen molar-refractivity contribution in [1.82, 2.24) is 5.32 Å². The molecule has 0 aliphatic carbocycles. The van der Waals surface area contributed by atoms with E-state index in [0.29, 0.717) is 18.3 Å². The van der Waals surface area contributed by atoms with Crippen molar-refractivity contribution in [3.8, 4) is 11.5 Å². The Hall–Kier alpha value is -2.27. The van der Waals surface area contributed by atoms with Crippen LogP contribution in [-0.4, -0.2) is 18.3 Å². The average Bonchev–Trinajstić information content (AvgIpc) is 2.66. The molecule has 0 saturated carbocycles. The molecule has 0 bridgehead atoms. The summed E-state index contributed by atoms with van der Waals surface area (Å²) in [4.78, 5) is 0. The number of ether oxygens (including phenoxy) is 2. The van der Waals surface area contributed by atoms with Crippen LogP contribution in [0.25, 0.3) is 0 Å². The van der Waals surface area contributed by atoms with Gasteiger partial charge in [0.25, 0.3) is 0 Å². The highest BCUT2D eigenvalue weighted by atomic mass is 32.1. The molecule has 1 atom stereocenters. The molecule has 2 aromatic carbocycles. The van der Waals surface area contributed by atoms with Crippen molar-refractivity contribution in [1.29, 1.82) is 0 Å². The van der Waals surface area contributed by atoms with Gasteiger partial charge in [-0.2, -0.15) is 0 Å². The lowest BCUT2D eigenvalue weighted by molar-refractivity contribution is 0.268. The van der Waals surface area contributed by atoms with Crippen LogP contribution < -0.4 is 20.1 Å². The first-order valence-electron chi connectivity index (χ1n) is 9.57. The lowest BCUT2D eigenvalue weighted by atomic mass is 10.1. The molecule has 27 heavy (non-hydrogen) atoms. The highest BCUT2D eigenvalue weighted by Crippen LogP contribution is 2.31. The molecular formula is C22H30N2O2S. The highest BCUT2D eigenvalue weighted by molar-refractivity contribution is 7.80. The number of thiocarbonyl (C=S) groups is 1. The fraction of sp³-hybridized carbons (Fsp3) is 0.409. The van der Waals surface area contributed by atoms with Crippen molar-refractivity contribution in [3.63, 3.8) is 0 Å². The fourth-order valence-corrected chi connectivity index (χ4v) is 2.89. The van der Waals surface area contributed by atoms with Crippen molar-refractivity contribution >= 4 is 23.0 Å². The predicted octanol–water partition coefficient (Wildman–Crippen LogP) is 5.62. The summed E-state index contributed by atoms with van der Waals surface area (Å²) in [5.74, 6) is 1.58. The lowest BCUT2D eigenvalue weighted by Gasteiger charge is -2.20. The molecule has 4 nitrogen and oxygen atoms in total. The zero-order valence-corrected chi connectivity index (χ0v) is 17.5. The van der Waals surface area contributed by atoms with Gasteiger partial charge in [0.1, 0.15) is 0 Å². The first kappa shape index (κ1) is 21.0. The number of aryl methyl sites for hydroxylation is 1. The van der Waals surface area contributed by atoms with Gasteiger partial charge in [-0.05, 0) is 68.2 Å². The van der Waals surface area contributed by atoms with Gasteiger partial charge in [0.05, 0.1) is 19.3 Å². The Labute approximate surface area is 168 Å². The number of para-hydroxylation sites is 1. The Morgan fingerprint density at radius 3 is 2.33 bits per heavy atom. The van der Waals surface area contributed by atoms with Crippen LogP contribution >= 0.6 is 12.2 Å². The van der Waals surface area contributed by atoms with Crippen molar-refractivity contribution in [2.24, 2.45) is 0 Å². The van der Waals surface area contributed by atoms with E-state index in [4.69, 9.17) is 21.7 Å². The maximum Gasteiger partial charge on any atom is 0.171 e. The van der Waals surface area contributed by atoms with E-state index in [2.05, 4.69) is 50.5 Å². The van der Waals surface area contributed by atoms with E-state index >= 15 is 0 Å². The molecule has 0 aliphatic heterocycles. The van der Waals surface area contributed by atoms with Crippen LogP contribution in [0.4, 0.5) is 5.69 Å². The van der Waals surface area contributed by atoms with Crippen molar-refractivity contribution in [3.05, 3.63) is 53.6 Å². The van der Waals surface area contributed by atoms with Crippen molar-refractivity contribution in [2.45, 2.75) is 46.6 Å². The fourth-order valence-electron chi connectivity index (χ4n) is 2.60. The lowest BCUT2D eigenvalue weighted by Crippen LogP contribution is -2.31. The molecule has 5 heteroatoms. The minimum Gasteiger partial charge on any atom is -0.490 e. The van der Waals surface area contributed by atoms with Crippen LogP contribution in [0.5, 0.6) is 11.5 Å². The Bertz CT molecular complexity index is 749. The summed E-state index contributed by atoms with van der Waals surface area (Å²) in [5, 5.41) is 7.20. The summed E-state index contributed by atoms with van der Waals surface area (Å²) in [6.07, 6.45) is 1.92. The molecule has 0 saturated heterocycles. The number of anilines is 1. The van der Waals surface area contributed by atoms with E-state index in [9.17, 15) is 0 Å². The molecular weight excluding hydrogens is 356 g/mol. The summed E-state index contributed by atoms with van der Waals surface area (Å²) >= 11 is 5.48. The van der Waals surface area contributed by atoms with Crippen LogP contribution in [0.1, 0.15) is 50.8 Å². The molecule has 2 N–H and O–H groups in total. The van der Waals surface area contributed by atoms with Crippen LogP contribution in [-0.2, 0) is 0 Å². The molecule has 0 spiro atoms. The third-order valence-electron chi connectivity index (χ3n) is 4.13. The van der Waals surface area contributed by atoms with Crippen molar-refractivity contribution in [2.75, 3.05) is 18.5 Å². The molecule has 0 fully saturated rings. The number of hydrogen-bond acceptors (Lipinski definition) is 3. The Morgan fingerprint density at radius 2 is 1.67 bits per heavy atom. The van der Waals surface area contributed by atoms with Gasteiger partial charge >= 0.3 is 0 Å². The van der Waals surface area contributed by atoms with Crippen molar-refractivity contribution < 1.29 is 9.47 Å². The summed E-state index contributed by atoms with van der Waals surface area (Å²) in [6, 6.07) is 14.2. The first-order valence-corrected chi connectivity index (χ1v) is 9.98. The van der Waals surface area contributed by atoms with E-state index < -0.39 is 0 Å². The van der Waals surface area contributed by atoms with E-state index in [1.165, 1.54) is 0 Å². The van der Waals surface area contributed by atoms with Gasteiger partial charge in [-0.15, -0.1) is 0 Å². The van der Waals surface area contributed by atoms with Crippen LogP contribution in [0.15, 0.2) is 42.5 Å². The third-order valence-corrected chi connectivity index (χ3v) is 4.35. The Morgan fingerprint density at radius 1 is 1.00 bits per heavy atom. The van der Waals surface area contributed by atoms with Gasteiger partial charge in [0, 0.05) is 5.69 Å². The zero-order valence-electron chi connectivity index (χ0n) is 16.7. The van der Waals surface area contributed by atoms with Crippen LogP contribution in [0.2, 0.25) is 0 Å². The van der Waals surface area contributed by atoms with Gasteiger partial charge in [-0.1, -0.05) is 38.1 Å². The molecule has 0 aliphatic rings. The molecule has 146 valence electrons. The second kappa shape index (κ2) is 10.8. The quantitative estimate of drug-likeness (QED) is 0.548. The van der Waals surface area contributed by atoms with E-state index in [1.54, 1.807) is 0 Å².